The molecule has 0 atom stereocenters. The van der Waals surface area contributed by atoms with Crippen LogP contribution in [0.4, 0.5) is 0 Å². The maximum absolute atomic E-state index is 10.0. The van der Waals surface area contributed by atoms with Crippen LogP contribution in [0, 0.1) is 5.92 Å². The first-order chi connectivity index (χ1) is 8.83. The molecule has 0 aliphatic heterocycles. The lowest BCUT2D eigenvalue weighted by molar-refractivity contribution is -0.109. The van der Waals surface area contributed by atoms with E-state index in [-0.39, 0.29) is 0 Å². The molecule has 0 aromatic carbocycles. The molecule has 0 saturated heterocycles. The third-order valence-corrected chi connectivity index (χ3v) is 4.03. The van der Waals surface area contributed by atoms with Crippen LogP contribution < -0.4 is 10.6 Å². The molecule has 0 aromatic heterocycles. The highest BCUT2D eigenvalue weighted by atomic mass is 16.1. The van der Waals surface area contributed by atoms with Gasteiger partial charge in [0.1, 0.15) is 0 Å². The summed E-state index contributed by atoms with van der Waals surface area (Å²) in [6, 6.07) is 0.790. The molecule has 3 nitrogen and oxygen atoms in total. The lowest BCUT2D eigenvalue weighted by atomic mass is 9.87. The molecule has 2 N–H and O–H groups in total. The van der Waals surface area contributed by atoms with Crippen molar-refractivity contribution in [1.82, 2.24) is 10.6 Å². The number of carbonyl (C=O) groups excluding carboxylic acids is 1. The summed E-state index contributed by atoms with van der Waals surface area (Å²) in [6.45, 7) is 4.39. The van der Waals surface area contributed by atoms with Crippen molar-refractivity contribution in [2.24, 2.45) is 5.92 Å². The molecule has 1 rings (SSSR count). The average molecular weight is 254 g/mol. The number of hydrogen-bond donors (Lipinski definition) is 2. The quantitative estimate of drug-likeness (QED) is 0.465. The summed E-state index contributed by atoms with van der Waals surface area (Å²) >= 11 is 0. The van der Waals surface area contributed by atoms with Crippen LogP contribution in [0.3, 0.4) is 0 Å². The Bertz CT molecular complexity index is 201. The van der Waals surface area contributed by atoms with Gasteiger partial charge in [0.2, 0.25) is 6.41 Å². The minimum absolute atomic E-state index is 0.787. The Hall–Kier alpha value is -0.570. The van der Waals surface area contributed by atoms with Gasteiger partial charge in [-0.3, -0.25) is 4.79 Å². The molecule has 0 heterocycles. The van der Waals surface area contributed by atoms with Gasteiger partial charge in [-0.1, -0.05) is 26.2 Å². The zero-order valence-electron chi connectivity index (χ0n) is 11.9. The summed E-state index contributed by atoms with van der Waals surface area (Å²) in [6.07, 6.45) is 12.6. The van der Waals surface area contributed by atoms with Crippen LogP contribution in [0.5, 0.6) is 0 Å². The molecule has 1 saturated carbocycles. The van der Waals surface area contributed by atoms with Gasteiger partial charge >= 0.3 is 0 Å². The highest BCUT2D eigenvalue weighted by Crippen LogP contribution is 2.23. The molecule has 0 unspecified atom stereocenters. The van der Waals surface area contributed by atoms with E-state index in [0.717, 1.165) is 31.3 Å². The first kappa shape index (κ1) is 15.5. The molecule has 3 heteroatoms. The zero-order valence-corrected chi connectivity index (χ0v) is 11.9. The zero-order chi connectivity index (χ0) is 13.1. The van der Waals surface area contributed by atoms with E-state index in [0.29, 0.717) is 0 Å². The van der Waals surface area contributed by atoms with Crippen molar-refractivity contribution in [3.8, 4) is 0 Å². The van der Waals surface area contributed by atoms with Gasteiger partial charge in [0.25, 0.3) is 0 Å². The van der Waals surface area contributed by atoms with E-state index in [1.54, 1.807) is 0 Å². The van der Waals surface area contributed by atoms with Crippen molar-refractivity contribution in [3.63, 3.8) is 0 Å². The lowest BCUT2D eigenvalue weighted by Gasteiger charge is -2.27. The highest BCUT2D eigenvalue weighted by Gasteiger charge is 2.16. The molecule has 1 fully saturated rings. The van der Waals surface area contributed by atoms with Gasteiger partial charge in [0.15, 0.2) is 0 Å². The second kappa shape index (κ2) is 10.4. The van der Waals surface area contributed by atoms with E-state index >= 15 is 0 Å². The number of rotatable bonds is 10. The predicted molar refractivity (Wildman–Crippen MR) is 76.6 cm³/mol. The number of unbranched alkanes of at least 4 members (excludes halogenated alkanes) is 4. The third-order valence-electron chi connectivity index (χ3n) is 4.03. The second-order valence-electron chi connectivity index (χ2n) is 5.75. The van der Waals surface area contributed by atoms with Crippen molar-refractivity contribution in [2.45, 2.75) is 70.8 Å². The largest absolute Gasteiger partial charge is 0.359 e. The molecule has 1 amide bonds. The van der Waals surface area contributed by atoms with E-state index in [9.17, 15) is 4.79 Å². The molecule has 18 heavy (non-hydrogen) atoms. The summed E-state index contributed by atoms with van der Waals surface area (Å²) in [7, 11) is 0. The minimum Gasteiger partial charge on any atom is -0.359 e. The van der Waals surface area contributed by atoms with Crippen LogP contribution in [0.15, 0.2) is 0 Å². The van der Waals surface area contributed by atoms with Crippen LogP contribution in [0.1, 0.15) is 64.7 Å². The Labute approximate surface area is 112 Å². The van der Waals surface area contributed by atoms with Crippen LogP contribution in [0.2, 0.25) is 0 Å². The van der Waals surface area contributed by atoms with E-state index in [2.05, 4.69) is 17.6 Å². The number of amides is 1. The summed E-state index contributed by atoms with van der Waals surface area (Å²) in [4.78, 5) is 10.0. The minimum atomic E-state index is 0.787. The van der Waals surface area contributed by atoms with E-state index in [4.69, 9.17) is 0 Å². The van der Waals surface area contributed by atoms with Crippen molar-refractivity contribution in [1.29, 1.82) is 0 Å². The van der Waals surface area contributed by atoms with Gasteiger partial charge in [-0.25, -0.2) is 0 Å². The Kier molecular flexibility index (Phi) is 8.92. The Morgan fingerprint density at radius 2 is 1.56 bits per heavy atom. The summed E-state index contributed by atoms with van der Waals surface area (Å²) < 4.78 is 0. The Morgan fingerprint density at radius 3 is 2.22 bits per heavy atom. The molecule has 1 aliphatic carbocycles. The predicted octanol–water partition coefficient (Wildman–Crippen LogP) is 2.85. The molecule has 0 spiro atoms. The van der Waals surface area contributed by atoms with E-state index in [1.165, 1.54) is 57.9 Å². The second-order valence-corrected chi connectivity index (χ2v) is 5.75. The molecular weight excluding hydrogens is 224 g/mol. The summed E-state index contributed by atoms with van der Waals surface area (Å²) in [5, 5.41) is 6.40. The molecule has 0 radical (unpaired) electrons. The Balaban J connectivity index is 1.79. The Morgan fingerprint density at radius 1 is 0.944 bits per heavy atom. The maximum atomic E-state index is 10.0. The topological polar surface area (TPSA) is 41.1 Å². The van der Waals surface area contributed by atoms with Crippen molar-refractivity contribution < 1.29 is 4.79 Å². The molecule has 106 valence electrons. The molecule has 0 aromatic rings. The number of hydrogen-bond acceptors (Lipinski definition) is 2. The number of carbonyl (C=O) groups is 1. The van der Waals surface area contributed by atoms with Crippen molar-refractivity contribution in [2.75, 3.05) is 13.1 Å². The fourth-order valence-corrected chi connectivity index (χ4v) is 2.71. The van der Waals surface area contributed by atoms with Crippen molar-refractivity contribution >= 4 is 6.41 Å². The summed E-state index contributed by atoms with van der Waals surface area (Å²) in [5.41, 5.74) is 0. The van der Waals surface area contributed by atoms with Gasteiger partial charge in [0.05, 0.1) is 0 Å². The van der Waals surface area contributed by atoms with Gasteiger partial charge in [-0.15, -0.1) is 0 Å². The van der Waals surface area contributed by atoms with Crippen LogP contribution >= 0.6 is 0 Å². The van der Waals surface area contributed by atoms with Gasteiger partial charge in [-0.05, 0) is 51.0 Å². The van der Waals surface area contributed by atoms with Gasteiger partial charge in [-0.2, -0.15) is 0 Å². The third kappa shape index (κ3) is 7.70. The fourth-order valence-electron chi connectivity index (χ4n) is 2.71. The first-order valence-corrected chi connectivity index (χ1v) is 7.73. The molecular formula is C15H30N2O. The normalized spacial score (nSPS) is 23.8. The van der Waals surface area contributed by atoms with Crippen LogP contribution in [-0.2, 0) is 4.79 Å². The summed E-state index contributed by atoms with van der Waals surface area (Å²) in [5.74, 6) is 0.947. The fraction of sp³-hybridized carbons (Fsp3) is 0.933. The molecule has 0 bridgehead atoms. The smallest absolute Gasteiger partial charge is 0.207 e. The lowest BCUT2D eigenvalue weighted by Crippen LogP contribution is -2.33. The maximum Gasteiger partial charge on any atom is 0.207 e. The SMILES string of the molecule is CC1CCC(NCCCCCCCNC=O)CC1. The monoisotopic (exact) mass is 254 g/mol. The first-order valence-electron chi connectivity index (χ1n) is 7.73. The van der Waals surface area contributed by atoms with E-state index < -0.39 is 0 Å². The van der Waals surface area contributed by atoms with Crippen LogP contribution in [-0.4, -0.2) is 25.5 Å². The average Bonchev–Trinajstić information content (AvgIpc) is 2.39. The van der Waals surface area contributed by atoms with E-state index in [1.807, 2.05) is 0 Å². The van der Waals surface area contributed by atoms with Gasteiger partial charge < -0.3 is 10.6 Å². The standard InChI is InChI=1S/C15H30N2O/c1-14-7-9-15(10-8-14)17-12-6-4-2-3-5-11-16-13-18/h13-15,17H,2-12H2,1H3,(H,16,18). The molecule has 1 aliphatic rings. The van der Waals surface area contributed by atoms with Gasteiger partial charge in [0, 0.05) is 12.6 Å². The number of nitrogens with one attached hydrogen (secondary N) is 2. The van der Waals surface area contributed by atoms with Crippen LogP contribution in [0.25, 0.3) is 0 Å². The highest BCUT2D eigenvalue weighted by molar-refractivity contribution is 5.45. The van der Waals surface area contributed by atoms with Crippen molar-refractivity contribution in [3.05, 3.63) is 0 Å².